The van der Waals surface area contributed by atoms with E-state index in [0.717, 1.165) is 17.7 Å². The second kappa shape index (κ2) is 3.84. The zero-order chi connectivity index (χ0) is 9.97. The van der Waals surface area contributed by atoms with Gasteiger partial charge in [0.05, 0.1) is 11.9 Å². The van der Waals surface area contributed by atoms with Crippen LogP contribution in [0.3, 0.4) is 0 Å². The van der Waals surface area contributed by atoms with E-state index in [2.05, 4.69) is 12.0 Å². The van der Waals surface area contributed by atoms with Crippen molar-refractivity contribution in [1.29, 1.82) is 0 Å². The zero-order valence-electron chi connectivity index (χ0n) is 7.94. The predicted octanol–water partition coefficient (Wildman–Crippen LogP) is 3.09. The fourth-order valence-corrected chi connectivity index (χ4v) is 1.68. The van der Waals surface area contributed by atoms with Crippen molar-refractivity contribution in [3.63, 3.8) is 0 Å². The maximum Gasteiger partial charge on any atom is 0.136 e. The summed E-state index contributed by atoms with van der Waals surface area (Å²) in [7, 11) is 0. The van der Waals surface area contributed by atoms with Crippen molar-refractivity contribution in [2.24, 2.45) is 0 Å². The lowest BCUT2D eigenvalue weighted by Crippen LogP contribution is -1.95. The van der Waals surface area contributed by atoms with Crippen LogP contribution in [-0.4, -0.2) is 9.78 Å². The largest absolute Gasteiger partial charge is 0.222 e. The minimum absolute atomic E-state index is 0.707. The predicted molar refractivity (Wildman–Crippen MR) is 58.0 cm³/mol. The van der Waals surface area contributed by atoms with Crippen molar-refractivity contribution < 1.29 is 0 Å². The molecule has 2 aromatic rings. The molecule has 1 heterocycles. The highest BCUT2D eigenvalue weighted by atomic mass is 35.5. The van der Waals surface area contributed by atoms with Crippen LogP contribution in [0.2, 0.25) is 5.15 Å². The number of rotatable bonds is 2. The van der Waals surface area contributed by atoms with Crippen molar-refractivity contribution in [2.75, 3.05) is 0 Å². The molecule has 0 saturated carbocycles. The molecule has 0 unspecified atom stereocenters. The Bertz CT molecular complexity index is 420. The maximum absolute atomic E-state index is 6.16. The summed E-state index contributed by atoms with van der Waals surface area (Å²) in [5, 5.41) is 4.95. The number of aromatic nitrogens is 2. The molecule has 0 aliphatic heterocycles. The third kappa shape index (κ3) is 1.53. The van der Waals surface area contributed by atoms with Gasteiger partial charge in [0.2, 0.25) is 0 Å². The van der Waals surface area contributed by atoms with E-state index in [0.29, 0.717) is 5.15 Å². The van der Waals surface area contributed by atoms with Crippen molar-refractivity contribution in [3.05, 3.63) is 47.2 Å². The molecule has 0 fully saturated rings. The monoisotopic (exact) mass is 206 g/mol. The summed E-state index contributed by atoms with van der Waals surface area (Å²) in [6, 6.07) is 9.89. The van der Waals surface area contributed by atoms with Gasteiger partial charge in [-0.1, -0.05) is 36.7 Å². The zero-order valence-corrected chi connectivity index (χ0v) is 8.70. The molecule has 0 radical (unpaired) electrons. The van der Waals surface area contributed by atoms with E-state index < -0.39 is 0 Å². The summed E-state index contributed by atoms with van der Waals surface area (Å²) in [5.41, 5.74) is 2.08. The molecule has 0 saturated heterocycles. The summed E-state index contributed by atoms with van der Waals surface area (Å²) in [5.74, 6) is 0. The molecule has 1 aromatic heterocycles. The van der Waals surface area contributed by atoms with Gasteiger partial charge >= 0.3 is 0 Å². The van der Waals surface area contributed by atoms with Crippen LogP contribution in [0.5, 0.6) is 0 Å². The average molecular weight is 207 g/mol. The molecular formula is C11H11ClN2. The first-order chi connectivity index (χ1) is 6.83. The van der Waals surface area contributed by atoms with Crippen LogP contribution >= 0.6 is 11.6 Å². The summed E-state index contributed by atoms with van der Waals surface area (Å²) < 4.78 is 1.75. The smallest absolute Gasteiger partial charge is 0.136 e. The van der Waals surface area contributed by atoms with Crippen molar-refractivity contribution in [1.82, 2.24) is 9.78 Å². The molecule has 72 valence electrons. The second-order valence-electron chi connectivity index (χ2n) is 3.06. The number of para-hydroxylation sites is 1. The summed E-state index contributed by atoms with van der Waals surface area (Å²) in [6.45, 7) is 2.07. The highest BCUT2D eigenvalue weighted by Crippen LogP contribution is 2.19. The number of hydrogen-bond donors (Lipinski definition) is 0. The normalized spacial score (nSPS) is 10.4. The first kappa shape index (κ1) is 9.28. The fourth-order valence-electron chi connectivity index (χ4n) is 1.35. The topological polar surface area (TPSA) is 17.8 Å². The summed E-state index contributed by atoms with van der Waals surface area (Å²) in [6.07, 6.45) is 2.72. The number of aryl methyl sites for hydroxylation is 1. The standard InChI is InChI=1S/C11H11ClN2/c1-2-9-8-13-14(11(9)12)10-6-4-3-5-7-10/h3-8H,2H2,1H3. The molecule has 14 heavy (non-hydrogen) atoms. The summed E-state index contributed by atoms with van der Waals surface area (Å²) >= 11 is 6.16. The Balaban J connectivity index is 2.48. The van der Waals surface area contributed by atoms with E-state index in [1.807, 2.05) is 36.5 Å². The Hall–Kier alpha value is -1.28. The molecule has 2 nitrogen and oxygen atoms in total. The Kier molecular flexibility index (Phi) is 2.55. The van der Waals surface area contributed by atoms with Gasteiger partial charge in [-0.05, 0) is 18.6 Å². The number of nitrogens with zero attached hydrogens (tertiary/aromatic N) is 2. The van der Waals surface area contributed by atoms with Gasteiger partial charge in [-0.2, -0.15) is 5.10 Å². The van der Waals surface area contributed by atoms with Crippen LogP contribution < -0.4 is 0 Å². The quantitative estimate of drug-likeness (QED) is 0.739. The van der Waals surface area contributed by atoms with E-state index >= 15 is 0 Å². The lowest BCUT2D eigenvalue weighted by Gasteiger charge is -2.02. The van der Waals surface area contributed by atoms with Crippen LogP contribution in [0.15, 0.2) is 36.5 Å². The first-order valence-corrected chi connectivity index (χ1v) is 4.98. The second-order valence-corrected chi connectivity index (χ2v) is 3.42. The highest BCUT2D eigenvalue weighted by molar-refractivity contribution is 6.30. The first-order valence-electron chi connectivity index (χ1n) is 4.60. The lowest BCUT2D eigenvalue weighted by atomic mass is 10.3. The fraction of sp³-hybridized carbons (Fsp3) is 0.182. The van der Waals surface area contributed by atoms with Gasteiger partial charge in [-0.15, -0.1) is 0 Å². The van der Waals surface area contributed by atoms with Gasteiger partial charge in [0.25, 0.3) is 0 Å². The highest BCUT2D eigenvalue weighted by Gasteiger charge is 2.07. The van der Waals surface area contributed by atoms with Gasteiger partial charge in [-0.3, -0.25) is 0 Å². The van der Waals surface area contributed by atoms with Crippen LogP contribution in [0.4, 0.5) is 0 Å². The number of hydrogen-bond acceptors (Lipinski definition) is 1. The van der Waals surface area contributed by atoms with Crippen molar-refractivity contribution >= 4 is 11.6 Å². The van der Waals surface area contributed by atoms with E-state index in [-0.39, 0.29) is 0 Å². The molecular weight excluding hydrogens is 196 g/mol. The van der Waals surface area contributed by atoms with E-state index in [9.17, 15) is 0 Å². The van der Waals surface area contributed by atoms with Crippen LogP contribution in [0.25, 0.3) is 5.69 Å². The van der Waals surface area contributed by atoms with Crippen molar-refractivity contribution in [3.8, 4) is 5.69 Å². The van der Waals surface area contributed by atoms with Crippen LogP contribution in [0, 0.1) is 0 Å². The van der Waals surface area contributed by atoms with E-state index in [1.165, 1.54) is 0 Å². The van der Waals surface area contributed by atoms with Gasteiger partial charge < -0.3 is 0 Å². The Morgan fingerprint density at radius 3 is 2.57 bits per heavy atom. The van der Waals surface area contributed by atoms with Crippen LogP contribution in [-0.2, 0) is 6.42 Å². The van der Waals surface area contributed by atoms with Crippen molar-refractivity contribution in [2.45, 2.75) is 13.3 Å². The molecule has 3 heteroatoms. The molecule has 0 aliphatic rings. The molecule has 0 amide bonds. The molecule has 0 atom stereocenters. The lowest BCUT2D eigenvalue weighted by molar-refractivity contribution is 0.880. The minimum Gasteiger partial charge on any atom is -0.222 e. The maximum atomic E-state index is 6.16. The third-order valence-electron chi connectivity index (χ3n) is 2.16. The molecule has 0 bridgehead atoms. The average Bonchev–Trinajstić information content (AvgIpc) is 2.61. The minimum atomic E-state index is 0.707. The van der Waals surface area contributed by atoms with Gasteiger partial charge in [0, 0.05) is 5.56 Å². The van der Waals surface area contributed by atoms with E-state index in [4.69, 9.17) is 11.6 Å². The molecule has 0 aliphatic carbocycles. The number of benzene rings is 1. The Morgan fingerprint density at radius 2 is 2.00 bits per heavy atom. The van der Waals surface area contributed by atoms with Gasteiger partial charge in [-0.25, -0.2) is 4.68 Å². The molecule has 0 N–H and O–H groups in total. The van der Waals surface area contributed by atoms with Gasteiger partial charge in [0.15, 0.2) is 0 Å². The Labute approximate surface area is 88.1 Å². The van der Waals surface area contributed by atoms with Crippen LogP contribution in [0.1, 0.15) is 12.5 Å². The summed E-state index contributed by atoms with van der Waals surface area (Å²) in [4.78, 5) is 0. The molecule has 2 rings (SSSR count). The Morgan fingerprint density at radius 1 is 1.29 bits per heavy atom. The third-order valence-corrected chi connectivity index (χ3v) is 2.56. The molecule has 1 aromatic carbocycles. The number of halogens is 1. The SMILES string of the molecule is CCc1cnn(-c2ccccc2)c1Cl. The van der Waals surface area contributed by atoms with E-state index in [1.54, 1.807) is 4.68 Å². The van der Waals surface area contributed by atoms with Gasteiger partial charge in [0.1, 0.15) is 5.15 Å². The molecule has 0 spiro atoms.